The van der Waals surface area contributed by atoms with Crippen molar-refractivity contribution < 1.29 is 0 Å². The van der Waals surface area contributed by atoms with Crippen LogP contribution in [0.25, 0.3) is 0 Å². The second kappa shape index (κ2) is 5.54. The summed E-state index contributed by atoms with van der Waals surface area (Å²) in [6.45, 7) is 5.18. The Morgan fingerprint density at radius 2 is 1.82 bits per heavy atom. The van der Waals surface area contributed by atoms with Gasteiger partial charge in [0.05, 0.1) is 0 Å². The zero-order valence-electron chi connectivity index (χ0n) is 10.1. The van der Waals surface area contributed by atoms with E-state index in [1.807, 2.05) is 0 Å². The van der Waals surface area contributed by atoms with Crippen LogP contribution in [0.15, 0.2) is 42.5 Å². The lowest BCUT2D eigenvalue weighted by Crippen LogP contribution is -2.02. The van der Waals surface area contributed by atoms with Crippen LogP contribution in [0.1, 0.15) is 16.7 Å². The molecule has 0 fully saturated rings. The Kier molecular flexibility index (Phi) is 4.05. The fraction of sp³-hybridized carbons (Fsp3) is 0.200. The molecule has 1 N–H and O–H groups in total. The average Bonchev–Trinajstić information content (AvgIpc) is 2.32. The fourth-order valence-corrected chi connectivity index (χ4v) is 2.36. The molecule has 0 aromatic heterocycles. The first-order valence-corrected chi connectivity index (χ1v) is 6.79. The number of halogens is 1. The first-order chi connectivity index (χ1) is 8.16. The molecule has 0 atom stereocenters. The average molecular weight is 337 g/mol. The molecule has 2 aromatic rings. The van der Waals surface area contributed by atoms with Crippen LogP contribution in [-0.4, -0.2) is 0 Å². The number of anilines is 1. The minimum absolute atomic E-state index is 0.882. The lowest BCUT2D eigenvalue weighted by molar-refractivity contribution is 1.11. The summed E-state index contributed by atoms with van der Waals surface area (Å²) in [5.41, 5.74) is 5.22. The Hall–Kier alpha value is -1.03. The molecule has 0 aliphatic heterocycles. The molecule has 0 heterocycles. The maximum atomic E-state index is 3.49. The molecule has 0 saturated heterocycles. The van der Waals surface area contributed by atoms with Gasteiger partial charge in [0.25, 0.3) is 0 Å². The summed E-state index contributed by atoms with van der Waals surface area (Å²) in [5.74, 6) is 0. The number of benzene rings is 2. The predicted octanol–water partition coefficient (Wildman–Crippen LogP) is 4.52. The lowest BCUT2D eigenvalue weighted by atomic mass is 10.1. The number of nitrogens with one attached hydrogen (secondary N) is 1. The molecule has 0 saturated carbocycles. The molecule has 2 rings (SSSR count). The van der Waals surface area contributed by atoms with Gasteiger partial charge in [0.1, 0.15) is 0 Å². The van der Waals surface area contributed by atoms with Gasteiger partial charge >= 0.3 is 0 Å². The summed E-state index contributed by atoms with van der Waals surface area (Å²) in [6.07, 6.45) is 0. The van der Waals surface area contributed by atoms with Gasteiger partial charge in [-0.3, -0.25) is 0 Å². The second-order valence-corrected chi connectivity index (χ2v) is 5.43. The van der Waals surface area contributed by atoms with E-state index in [4.69, 9.17) is 0 Å². The van der Waals surface area contributed by atoms with Crippen LogP contribution in [0, 0.1) is 17.4 Å². The quantitative estimate of drug-likeness (QED) is 0.812. The first-order valence-electron chi connectivity index (χ1n) is 5.71. The highest BCUT2D eigenvalue weighted by atomic mass is 127. The third-order valence-electron chi connectivity index (χ3n) is 2.85. The highest BCUT2D eigenvalue weighted by Crippen LogP contribution is 2.19. The summed E-state index contributed by atoms with van der Waals surface area (Å²) in [6, 6.07) is 14.9. The Balaban J connectivity index is 2.12. The van der Waals surface area contributed by atoms with E-state index in [1.165, 1.54) is 25.9 Å². The molecule has 1 nitrogen and oxygen atoms in total. The summed E-state index contributed by atoms with van der Waals surface area (Å²) in [4.78, 5) is 0. The Morgan fingerprint density at radius 1 is 1.06 bits per heavy atom. The van der Waals surface area contributed by atoms with E-state index in [0.717, 1.165) is 6.54 Å². The van der Waals surface area contributed by atoms with E-state index in [1.54, 1.807) is 0 Å². The molecular formula is C15H16IN. The summed E-state index contributed by atoms with van der Waals surface area (Å²) in [5, 5.41) is 3.49. The zero-order valence-corrected chi connectivity index (χ0v) is 12.3. The fourth-order valence-electron chi connectivity index (χ4n) is 1.79. The van der Waals surface area contributed by atoms with Gasteiger partial charge in [0.15, 0.2) is 0 Å². The van der Waals surface area contributed by atoms with Crippen molar-refractivity contribution in [2.45, 2.75) is 20.4 Å². The molecular weight excluding hydrogens is 321 g/mol. The van der Waals surface area contributed by atoms with Crippen molar-refractivity contribution in [3.8, 4) is 0 Å². The number of para-hydroxylation sites is 1. The third-order valence-corrected chi connectivity index (χ3v) is 3.79. The summed E-state index contributed by atoms with van der Waals surface area (Å²) < 4.78 is 1.26. The topological polar surface area (TPSA) is 12.0 Å². The number of hydrogen-bond acceptors (Lipinski definition) is 1. The smallest absolute Gasteiger partial charge is 0.0478 e. The Labute approximate surface area is 116 Å². The van der Waals surface area contributed by atoms with Crippen molar-refractivity contribution in [2.75, 3.05) is 5.32 Å². The van der Waals surface area contributed by atoms with E-state index in [2.05, 4.69) is 84.2 Å². The van der Waals surface area contributed by atoms with Crippen molar-refractivity contribution in [2.24, 2.45) is 0 Å². The monoisotopic (exact) mass is 337 g/mol. The Bertz CT molecular complexity index is 520. The minimum Gasteiger partial charge on any atom is -0.380 e. The van der Waals surface area contributed by atoms with Crippen LogP contribution >= 0.6 is 22.6 Å². The van der Waals surface area contributed by atoms with E-state index >= 15 is 0 Å². The van der Waals surface area contributed by atoms with E-state index in [-0.39, 0.29) is 0 Å². The predicted molar refractivity (Wildman–Crippen MR) is 82.4 cm³/mol. The summed E-state index contributed by atoms with van der Waals surface area (Å²) >= 11 is 2.36. The first kappa shape index (κ1) is 12.4. The van der Waals surface area contributed by atoms with Gasteiger partial charge in [-0.05, 0) is 59.7 Å². The Morgan fingerprint density at radius 3 is 2.59 bits per heavy atom. The van der Waals surface area contributed by atoms with Crippen LogP contribution < -0.4 is 5.32 Å². The van der Waals surface area contributed by atoms with Crippen molar-refractivity contribution >= 4 is 28.3 Å². The molecule has 0 radical (unpaired) electrons. The lowest BCUT2D eigenvalue weighted by Gasteiger charge is -2.11. The standard InChI is InChI=1S/C15H16IN/c1-11-7-8-12(2)13(9-11)10-17-15-6-4-3-5-14(15)16/h3-9,17H,10H2,1-2H3. The molecule has 2 aromatic carbocycles. The van der Waals surface area contributed by atoms with Gasteiger partial charge in [-0.1, -0.05) is 35.9 Å². The minimum atomic E-state index is 0.882. The van der Waals surface area contributed by atoms with Gasteiger partial charge in [-0.2, -0.15) is 0 Å². The maximum Gasteiger partial charge on any atom is 0.0478 e. The van der Waals surface area contributed by atoms with Crippen LogP contribution in [0.5, 0.6) is 0 Å². The van der Waals surface area contributed by atoms with Crippen LogP contribution in [0.3, 0.4) is 0 Å². The van der Waals surface area contributed by atoms with Gasteiger partial charge in [0.2, 0.25) is 0 Å². The molecule has 0 bridgehead atoms. The van der Waals surface area contributed by atoms with Crippen molar-refractivity contribution in [1.82, 2.24) is 0 Å². The molecule has 0 amide bonds. The van der Waals surface area contributed by atoms with E-state index in [0.29, 0.717) is 0 Å². The molecule has 0 aliphatic carbocycles. The normalized spacial score (nSPS) is 10.3. The van der Waals surface area contributed by atoms with Crippen LogP contribution in [0.4, 0.5) is 5.69 Å². The van der Waals surface area contributed by atoms with E-state index < -0.39 is 0 Å². The van der Waals surface area contributed by atoms with Crippen LogP contribution in [-0.2, 0) is 6.54 Å². The highest BCUT2D eigenvalue weighted by Gasteiger charge is 2.01. The molecule has 2 heteroatoms. The van der Waals surface area contributed by atoms with Crippen molar-refractivity contribution in [1.29, 1.82) is 0 Å². The van der Waals surface area contributed by atoms with Gasteiger partial charge in [-0.15, -0.1) is 0 Å². The van der Waals surface area contributed by atoms with E-state index in [9.17, 15) is 0 Å². The molecule has 0 aliphatic rings. The van der Waals surface area contributed by atoms with Gasteiger partial charge < -0.3 is 5.32 Å². The van der Waals surface area contributed by atoms with Gasteiger partial charge in [-0.25, -0.2) is 0 Å². The third kappa shape index (κ3) is 3.22. The molecule has 88 valence electrons. The van der Waals surface area contributed by atoms with Gasteiger partial charge in [0, 0.05) is 15.8 Å². The number of aryl methyl sites for hydroxylation is 2. The number of hydrogen-bond donors (Lipinski definition) is 1. The second-order valence-electron chi connectivity index (χ2n) is 4.26. The number of rotatable bonds is 3. The maximum absolute atomic E-state index is 3.49. The van der Waals surface area contributed by atoms with Crippen molar-refractivity contribution in [3.05, 3.63) is 62.7 Å². The van der Waals surface area contributed by atoms with Crippen LogP contribution in [0.2, 0.25) is 0 Å². The molecule has 0 unspecified atom stereocenters. The molecule has 0 spiro atoms. The largest absolute Gasteiger partial charge is 0.380 e. The summed E-state index contributed by atoms with van der Waals surface area (Å²) in [7, 11) is 0. The molecule has 17 heavy (non-hydrogen) atoms. The SMILES string of the molecule is Cc1ccc(C)c(CNc2ccccc2I)c1. The zero-order chi connectivity index (χ0) is 12.3. The van der Waals surface area contributed by atoms with Crippen molar-refractivity contribution in [3.63, 3.8) is 0 Å². The highest BCUT2D eigenvalue weighted by molar-refractivity contribution is 14.1.